The largest absolute Gasteiger partial charge is 0.462 e. The number of carbonyl (C=O) groups is 1. The normalized spacial score (nSPS) is 11.3. The zero-order valence-electron chi connectivity index (χ0n) is 8.55. The summed E-state index contributed by atoms with van der Waals surface area (Å²) >= 11 is 5.62. The number of ether oxygens (including phenoxy) is 1. The molecule has 0 amide bonds. The van der Waals surface area contributed by atoms with Gasteiger partial charge in [0.15, 0.2) is 0 Å². The van der Waals surface area contributed by atoms with Crippen LogP contribution in [0, 0.1) is 0 Å². The van der Waals surface area contributed by atoms with E-state index < -0.39 is 25.2 Å². The average Bonchev–Trinajstić information content (AvgIpc) is 2.20. The van der Waals surface area contributed by atoms with E-state index in [0.717, 1.165) is 0 Å². The van der Waals surface area contributed by atoms with Crippen LogP contribution in [0.5, 0.6) is 0 Å². The van der Waals surface area contributed by atoms with Crippen LogP contribution in [0.2, 0.25) is 5.02 Å². The Balaban J connectivity index is 2.56. The molecule has 0 bridgehead atoms. The van der Waals surface area contributed by atoms with E-state index in [4.69, 9.17) is 17.3 Å². The molecule has 2 N–H and O–H groups in total. The molecule has 0 spiro atoms. The lowest BCUT2D eigenvalue weighted by Crippen LogP contribution is -2.14. The summed E-state index contributed by atoms with van der Waals surface area (Å²) in [5.74, 6) is -0.863. The third-order valence-corrected chi connectivity index (χ3v) is 2.19. The monoisotopic (exact) mass is 267 g/mol. The van der Waals surface area contributed by atoms with Crippen LogP contribution < -0.4 is 5.73 Å². The van der Waals surface area contributed by atoms with E-state index in [2.05, 4.69) is 4.74 Å². The highest BCUT2D eigenvalue weighted by Gasteiger charge is 2.27. The molecule has 0 aliphatic rings. The number of hydrogen-bond donors (Lipinski definition) is 1. The van der Waals surface area contributed by atoms with Crippen LogP contribution in [-0.4, -0.2) is 18.8 Å². The molecular formula is C10H9ClF3NO2. The highest BCUT2D eigenvalue weighted by molar-refractivity contribution is 6.33. The molecule has 0 aliphatic carbocycles. The molecule has 0 saturated carbocycles. The van der Waals surface area contributed by atoms with Gasteiger partial charge in [0, 0.05) is 0 Å². The Hall–Kier alpha value is -1.43. The van der Waals surface area contributed by atoms with Crippen molar-refractivity contribution in [1.29, 1.82) is 0 Å². The van der Waals surface area contributed by atoms with Crippen LogP contribution in [0.4, 0.5) is 18.9 Å². The molecular weight excluding hydrogens is 259 g/mol. The molecule has 0 radical (unpaired) electrons. The summed E-state index contributed by atoms with van der Waals surface area (Å²) in [5, 5.41) is 0.261. The topological polar surface area (TPSA) is 52.3 Å². The van der Waals surface area contributed by atoms with Gasteiger partial charge in [-0.2, -0.15) is 13.2 Å². The molecule has 0 unspecified atom stereocenters. The molecule has 0 saturated heterocycles. The van der Waals surface area contributed by atoms with Gasteiger partial charge in [0.25, 0.3) is 0 Å². The summed E-state index contributed by atoms with van der Waals surface area (Å²) in [4.78, 5) is 11.3. The Morgan fingerprint density at radius 3 is 2.59 bits per heavy atom. The van der Waals surface area contributed by atoms with Crippen molar-refractivity contribution in [1.82, 2.24) is 0 Å². The molecule has 0 aromatic heterocycles. The summed E-state index contributed by atoms with van der Waals surface area (Å²) < 4.78 is 39.8. The van der Waals surface area contributed by atoms with E-state index in [1.165, 1.54) is 18.2 Å². The number of hydrogen-bond acceptors (Lipinski definition) is 3. The van der Waals surface area contributed by atoms with Crippen molar-refractivity contribution in [3.05, 3.63) is 28.8 Å². The smallest absolute Gasteiger partial charge is 0.392 e. The van der Waals surface area contributed by atoms with Gasteiger partial charge in [-0.3, -0.25) is 0 Å². The zero-order chi connectivity index (χ0) is 13.1. The van der Waals surface area contributed by atoms with Gasteiger partial charge in [0.05, 0.1) is 22.7 Å². The SMILES string of the molecule is Nc1cc(C(=O)OCCC(F)(F)F)ccc1Cl. The van der Waals surface area contributed by atoms with Crippen LogP contribution in [0.15, 0.2) is 18.2 Å². The maximum Gasteiger partial charge on any atom is 0.392 e. The van der Waals surface area contributed by atoms with E-state index in [1.807, 2.05) is 0 Å². The molecule has 3 nitrogen and oxygen atoms in total. The van der Waals surface area contributed by atoms with E-state index in [1.54, 1.807) is 0 Å². The summed E-state index contributed by atoms with van der Waals surface area (Å²) in [7, 11) is 0. The van der Waals surface area contributed by atoms with Gasteiger partial charge in [-0.25, -0.2) is 4.79 Å². The van der Waals surface area contributed by atoms with Crippen molar-refractivity contribution in [2.75, 3.05) is 12.3 Å². The van der Waals surface area contributed by atoms with E-state index in [-0.39, 0.29) is 16.3 Å². The van der Waals surface area contributed by atoms with Crippen LogP contribution in [-0.2, 0) is 4.74 Å². The number of benzene rings is 1. The summed E-state index contributed by atoms with van der Waals surface area (Å²) in [6.07, 6.45) is -5.53. The lowest BCUT2D eigenvalue weighted by atomic mass is 10.2. The van der Waals surface area contributed by atoms with E-state index in [9.17, 15) is 18.0 Å². The second-order valence-corrected chi connectivity index (χ2v) is 3.64. The van der Waals surface area contributed by atoms with Gasteiger partial charge in [0.2, 0.25) is 0 Å². The van der Waals surface area contributed by atoms with Crippen molar-refractivity contribution in [3.8, 4) is 0 Å². The van der Waals surface area contributed by atoms with Gasteiger partial charge < -0.3 is 10.5 Å². The summed E-state index contributed by atoms with van der Waals surface area (Å²) in [5.41, 5.74) is 5.66. The molecule has 17 heavy (non-hydrogen) atoms. The molecule has 0 aliphatic heterocycles. The first-order valence-electron chi connectivity index (χ1n) is 4.58. The summed E-state index contributed by atoms with van der Waals surface area (Å²) in [6.45, 7) is -0.717. The Kier molecular flexibility index (Phi) is 4.22. The number of esters is 1. The maximum atomic E-state index is 11.8. The second kappa shape index (κ2) is 5.27. The fourth-order valence-electron chi connectivity index (χ4n) is 1.01. The number of halogens is 4. The summed E-state index contributed by atoms with van der Waals surface area (Å²) in [6, 6.07) is 3.95. The van der Waals surface area contributed by atoms with Gasteiger partial charge in [-0.15, -0.1) is 0 Å². The van der Waals surface area contributed by atoms with Crippen molar-refractivity contribution < 1.29 is 22.7 Å². The minimum atomic E-state index is -4.35. The standard InChI is InChI=1S/C10H9ClF3NO2/c11-7-2-1-6(5-8(7)15)9(16)17-4-3-10(12,13)14/h1-2,5H,3-4,15H2. The fraction of sp³-hybridized carbons (Fsp3) is 0.300. The van der Waals surface area contributed by atoms with E-state index in [0.29, 0.717) is 0 Å². The Labute approximate surface area is 100 Å². The highest BCUT2D eigenvalue weighted by Crippen LogP contribution is 2.21. The first-order chi connectivity index (χ1) is 7.79. The Morgan fingerprint density at radius 1 is 1.41 bits per heavy atom. The quantitative estimate of drug-likeness (QED) is 0.676. The zero-order valence-corrected chi connectivity index (χ0v) is 9.31. The second-order valence-electron chi connectivity index (χ2n) is 3.24. The molecule has 94 valence electrons. The van der Waals surface area contributed by atoms with Crippen molar-refractivity contribution >= 4 is 23.3 Å². The van der Waals surface area contributed by atoms with Crippen LogP contribution >= 0.6 is 11.6 Å². The van der Waals surface area contributed by atoms with Crippen LogP contribution in [0.3, 0.4) is 0 Å². The number of nitrogen functional groups attached to an aromatic ring is 1. The van der Waals surface area contributed by atoms with Gasteiger partial charge in [-0.1, -0.05) is 11.6 Å². The molecule has 0 fully saturated rings. The minimum absolute atomic E-state index is 0.0640. The lowest BCUT2D eigenvalue weighted by molar-refractivity contribution is -0.141. The third kappa shape index (κ3) is 4.52. The van der Waals surface area contributed by atoms with Gasteiger partial charge in [-0.05, 0) is 18.2 Å². The fourth-order valence-corrected chi connectivity index (χ4v) is 1.13. The third-order valence-electron chi connectivity index (χ3n) is 1.85. The van der Waals surface area contributed by atoms with Gasteiger partial charge >= 0.3 is 12.1 Å². The van der Waals surface area contributed by atoms with Crippen molar-refractivity contribution in [3.63, 3.8) is 0 Å². The molecule has 7 heteroatoms. The first kappa shape index (κ1) is 13.6. The number of alkyl halides is 3. The van der Waals surface area contributed by atoms with E-state index >= 15 is 0 Å². The predicted octanol–water partition coefficient (Wildman–Crippen LogP) is 3.03. The van der Waals surface area contributed by atoms with Gasteiger partial charge in [0.1, 0.15) is 6.61 Å². The molecule has 0 atom stereocenters. The molecule has 0 heterocycles. The average molecular weight is 268 g/mol. The Bertz CT molecular complexity index is 421. The number of nitrogens with two attached hydrogens (primary N) is 1. The molecule has 1 aromatic carbocycles. The number of carbonyl (C=O) groups excluding carboxylic acids is 1. The minimum Gasteiger partial charge on any atom is -0.462 e. The number of anilines is 1. The van der Waals surface area contributed by atoms with Crippen LogP contribution in [0.1, 0.15) is 16.8 Å². The first-order valence-corrected chi connectivity index (χ1v) is 4.96. The van der Waals surface area contributed by atoms with Crippen LogP contribution in [0.25, 0.3) is 0 Å². The molecule has 1 rings (SSSR count). The highest BCUT2D eigenvalue weighted by atomic mass is 35.5. The van der Waals surface area contributed by atoms with Crippen molar-refractivity contribution in [2.45, 2.75) is 12.6 Å². The predicted molar refractivity (Wildman–Crippen MR) is 56.8 cm³/mol. The maximum absolute atomic E-state index is 11.8. The number of rotatable bonds is 3. The Morgan fingerprint density at radius 2 is 2.06 bits per heavy atom. The van der Waals surface area contributed by atoms with Crippen molar-refractivity contribution in [2.24, 2.45) is 0 Å². The lowest BCUT2D eigenvalue weighted by Gasteiger charge is -2.08. The molecule has 1 aromatic rings.